The van der Waals surface area contributed by atoms with E-state index in [1.165, 1.54) is 24.7 Å². The molecule has 1 heterocycles. The minimum Gasteiger partial charge on any atom is -0.308 e. The Balaban J connectivity index is 3.11. The number of anilines is 1. The molecule has 0 aromatic carbocycles. The van der Waals surface area contributed by atoms with Gasteiger partial charge >= 0.3 is 0 Å². The number of carbonyl (C=O) groups excluding carboxylic acids is 1. The minimum absolute atomic E-state index is 0.176. The van der Waals surface area contributed by atoms with Crippen molar-refractivity contribution in [1.82, 2.24) is 9.78 Å². The summed E-state index contributed by atoms with van der Waals surface area (Å²) in [5.74, 6) is -0.524. The van der Waals surface area contributed by atoms with Gasteiger partial charge in [-0.25, -0.2) is 8.42 Å². The standard InChI is InChI=1S/C10H14N4O3S/c1-10(2,18(4,16)17)9(15)13-8-7(5-11)6-12-14(8)3/h6H,1-4H3,(H,13,15). The van der Waals surface area contributed by atoms with E-state index >= 15 is 0 Å². The third-order valence-electron chi connectivity index (χ3n) is 2.76. The van der Waals surface area contributed by atoms with Crippen LogP contribution in [0.5, 0.6) is 0 Å². The smallest absolute Gasteiger partial charge is 0.246 e. The first kappa shape index (κ1) is 14.2. The average molecular weight is 270 g/mol. The number of aromatic nitrogens is 2. The Kier molecular flexibility index (Phi) is 3.48. The average Bonchev–Trinajstić information content (AvgIpc) is 2.58. The SMILES string of the molecule is Cn1ncc(C#N)c1NC(=O)C(C)(C)S(C)(=O)=O. The highest BCUT2D eigenvalue weighted by molar-refractivity contribution is 7.92. The molecule has 98 valence electrons. The number of amides is 1. The van der Waals surface area contributed by atoms with Crippen molar-refractivity contribution in [3.8, 4) is 6.07 Å². The molecule has 0 unspecified atom stereocenters. The molecule has 1 amide bonds. The van der Waals surface area contributed by atoms with Crippen LogP contribution in [-0.2, 0) is 21.7 Å². The molecular formula is C10H14N4O3S. The maximum Gasteiger partial charge on any atom is 0.246 e. The highest BCUT2D eigenvalue weighted by Gasteiger charge is 2.39. The fourth-order valence-corrected chi connectivity index (χ4v) is 1.48. The Morgan fingerprint density at radius 1 is 1.56 bits per heavy atom. The number of carbonyl (C=O) groups is 1. The second-order valence-corrected chi connectivity index (χ2v) is 6.94. The van der Waals surface area contributed by atoms with Crippen LogP contribution in [0, 0.1) is 11.3 Å². The first-order valence-corrected chi connectivity index (χ1v) is 6.93. The molecule has 18 heavy (non-hydrogen) atoms. The summed E-state index contributed by atoms with van der Waals surface area (Å²) in [7, 11) is -2.02. The van der Waals surface area contributed by atoms with Crippen LogP contribution in [0.2, 0.25) is 0 Å². The Morgan fingerprint density at radius 3 is 2.56 bits per heavy atom. The van der Waals surface area contributed by atoms with E-state index in [0.29, 0.717) is 0 Å². The highest BCUT2D eigenvalue weighted by atomic mass is 32.2. The number of aryl methyl sites for hydroxylation is 1. The zero-order chi connectivity index (χ0) is 14.1. The van der Waals surface area contributed by atoms with Crippen molar-refractivity contribution in [2.75, 3.05) is 11.6 Å². The van der Waals surface area contributed by atoms with Crippen LogP contribution in [0.15, 0.2) is 6.20 Å². The molecule has 1 aromatic rings. The van der Waals surface area contributed by atoms with Gasteiger partial charge in [0.05, 0.1) is 6.20 Å². The summed E-state index contributed by atoms with van der Waals surface area (Å²) in [4.78, 5) is 12.0. The van der Waals surface area contributed by atoms with Crippen LogP contribution in [0.3, 0.4) is 0 Å². The fourth-order valence-electron chi connectivity index (χ4n) is 1.09. The lowest BCUT2D eigenvalue weighted by Gasteiger charge is -2.21. The number of nitrogens with zero attached hydrogens (tertiary/aromatic N) is 3. The van der Waals surface area contributed by atoms with Gasteiger partial charge in [0.25, 0.3) is 0 Å². The lowest BCUT2D eigenvalue weighted by atomic mass is 10.2. The molecule has 0 saturated carbocycles. The van der Waals surface area contributed by atoms with Gasteiger partial charge in [-0.2, -0.15) is 10.4 Å². The zero-order valence-electron chi connectivity index (χ0n) is 10.6. The summed E-state index contributed by atoms with van der Waals surface area (Å²) >= 11 is 0. The Labute approximate surface area is 105 Å². The number of rotatable bonds is 3. The monoisotopic (exact) mass is 270 g/mol. The second kappa shape index (κ2) is 4.42. The van der Waals surface area contributed by atoms with Gasteiger partial charge in [0.2, 0.25) is 5.91 Å². The molecule has 0 saturated heterocycles. The summed E-state index contributed by atoms with van der Waals surface area (Å²) in [5.41, 5.74) is 0.176. The molecule has 0 bridgehead atoms. The summed E-state index contributed by atoms with van der Waals surface area (Å²) < 4.78 is 22.7. The topological polar surface area (TPSA) is 105 Å². The second-order valence-electron chi connectivity index (χ2n) is 4.38. The number of sulfone groups is 1. The van der Waals surface area contributed by atoms with Crippen molar-refractivity contribution in [1.29, 1.82) is 5.26 Å². The van der Waals surface area contributed by atoms with E-state index < -0.39 is 20.5 Å². The number of nitriles is 1. The molecular weight excluding hydrogens is 256 g/mol. The van der Waals surface area contributed by atoms with Crippen LogP contribution in [0.1, 0.15) is 19.4 Å². The van der Waals surface area contributed by atoms with E-state index in [1.54, 1.807) is 7.05 Å². The number of nitrogens with one attached hydrogen (secondary N) is 1. The van der Waals surface area contributed by atoms with Crippen molar-refractivity contribution in [3.05, 3.63) is 11.8 Å². The lowest BCUT2D eigenvalue weighted by molar-refractivity contribution is -0.117. The Bertz CT molecular complexity index is 622. The molecule has 0 fully saturated rings. The summed E-state index contributed by atoms with van der Waals surface area (Å²) in [5, 5.41) is 15.1. The molecule has 1 N–H and O–H groups in total. The largest absolute Gasteiger partial charge is 0.308 e. The van der Waals surface area contributed by atoms with Crippen molar-refractivity contribution < 1.29 is 13.2 Å². The molecule has 0 atom stereocenters. The van der Waals surface area contributed by atoms with Crippen molar-refractivity contribution in [3.63, 3.8) is 0 Å². The third kappa shape index (κ3) is 2.36. The number of hydrogen-bond acceptors (Lipinski definition) is 5. The van der Waals surface area contributed by atoms with Gasteiger partial charge < -0.3 is 5.32 Å². The van der Waals surface area contributed by atoms with Crippen molar-refractivity contribution >= 4 is 21.6 Å². The van der Waals surface area contributed by atoms with Gasteiger partial charge in [0, 0.05) is 13.3 Å². The van der Waals surface area contributed by atoms with E-state index in [2.05, 4.69) is 10.4 Å². The van der Waals surface area contributed by atoms with E-state index in [-0.39, 0.29) is 11.4 Å². The maximum atomic E-state index is 12.0. The number of hydrogen-bond donors (Lipinski definition) is 1. The molecule has 8 heteroatoms. The molecule has 0 aliphatic heterocycles. The minimum atomic E-state index is -3.56. The van der Waals surface area contributed by atoms with E-state index in [1.807, 2.05) is 6.07 Å². The molecule has 1 aromatic heterocycles. The molecule has 0 aliphatic rings. The normalized spacial score (nSPS) is 11.9. The Hall–Kier alpha value is -1.88. The van der Waals surface area contributed by atoms with Gasteiger partial charge in [0.1, 0.15) is 22.2 Å². The fraction of sp³-hybridized carbons (Fsp3) is 0.500. The van der Waals surface area contributed by atoms with Gasteiger partial charge in [-0.3, -0.25) is 9.48 Å². The summed E-state index contributed by atoms with van der Waals surface area (Å²) in [6.45, 7) is 2.61. The molecule has 0 aliphatic carbocycles. The zero-order valence-corrected chi connectivity index (χ0v) is 11.4. The molecule has 0 spiro atoms. The van der Waals surface area contributed by atoms with Gasteiger partial charge in [-0.1, -0.05) is 0 Å². The van der Waals surface area contributed by atoms with Crippen LogP contribution in [0.4, 0.5) is 5.82 Å². The predicted molar refractivity (Wildman–Crippen MR) is 65.5 cm³/mol. The maximum absolute atomic E-state index is 12.0. The van der Waals surface area contributed by atoms with E-state index in [0.717, 1.165) is 6.26 Å². The van der Waals surface area contributed by atoms with E-state index in [9.17, 15) is 13.2 Å². The summed E-state index contributed by atoms with van der Waals surface area (Å²) in [6, 6.07) is 1.86. The Morgan fingerprint density at radius 2 is 2.11 bits per heavy atom. The third-order valence-corrected chi connectivity index (χ3v) is 4.80. The van der Waals surface area contributed by atoms with Gasteiger partial charge in [0.15, 0.2) is 9.84 Å². The molecule has 0 radical (unpaired) electrons. The first-order chi connectivity index (χ1) is 8.11. The summed E-state index contributed by atoms with van der Waals surface area (Å²) in [6.07, 6.45) is 2.28. The first-order valence-electron chi connectivity index (χ1n) is 5.04. The van der Waals surface area contributed by atoms with Crippen LogP contribution < -0.4 is 5.32 Å². The molecule has 1 rings (SSSR count). The van der Waals surface area contributed by atoms with E-state index in [4.69, 9.17) is 5.26 Å². The highest BCUT2D eigenvalue weighted by Crippen LogP contribution is 2.20. The van der Waals surface area contributed by atoms with Crippen molar-refractivity contribution in [2.24, 2.45) is 7.05 Å². The quantitative estimate of drug-likeness (QED) is 0.835. The van der Waals surface area contributed by atoms with Crippen LogP contribution >= 0.6 is 0 Å². The van der Waals surface area contributed by atoms with Crippen LogP contribution in [0.25, 0.3) is 0 Å². The predicted octanol–water partition coefficient (Wildman–Crippen LogP) is 0.0535. The molecule has 7 nitrogen and oxygen atoms in total. The van der Waals surface area contributed by atoms with Gasteiger partial charge in [-0.05, 0) is 13.8 Å². The van der Waals surface area contributed by atoms with Gasteiger partial charge in [-0.15, -0.1) is 0 Å². The van der Waals surface area contributed by atoms with Crippen molar-refractivity contribution in [2.45, 2.75) is 18.6 Å². The van der Waals surface area contributed by atoms with Crippen LogP contribution in [-0.4, -0.2) is 35.1 Å². The lowest BCUT2D eigenvalue weighted by Crippen LogP contribution is -2.44.